The number of nitrogens with one attached hydrogen (secondary N) is 1. The van der Waals surface area contributed by atoms with E-state index in [4.69, 9.17) is 10.6 Å². The van der Waals surface area contributed by atoms with Crippen molar-refractivity contribution in [2.75, 3.05) is 6.61 Å². The van der Waals surface area contributed by atoms with Crippen LogP contribution >= 0.6 is 0 Å². The van der Waals surface area contributed by atoms with E-state index in [1.165, 1.54) is 0 Å². The van der Waals surface area contributed by atoms with Gasteiger partial charge in [-0.15, -0.1) is 0 Å². The summed E-state index contributed by atoms with van der Waals surface area (Å²) in [6.07, 6.45) is 0. The van der Waals surface area contributed by atoms with E-state index >= 15 is 0 Å². The van der Waals surface area contributed by atoms with Crippen LogP contribution in [0, 0.1) is 0 Å². The molecule has 0 saturated carbocycles. The lowest BCUT2D eigenvalue weighted by Crippen LogP contribution is -2.34. The predicted octanol–water partition coefficient (Wildman–Crippen LogP) is 1.67. The van der Waals surface area contributed by atoms with Crippen LogP contribution in [0.3, 0.4) is 0 Å². The third-order valence-corrected chi connectivity index (χ3v) is 3.10. The molecule has 0 fully saturated rings. The minimum absolute atomic E-state index is 0.203. The van der Waals surface area contributed by atoms with Gasteiger partial charge in [0.25, 0.3) is 5.91 Å². The molecule has 0 aliphatic rings. The van der Waals surface area contributed by atoms with Crippen LogP contribution in [0.4, 0.5) is 0 Å². The molecule has 0 aliphatic carbocycles. The minimum Gasteiger partial charge on any atom is -0.467 e. The van der Waals surface area contributed by atoms with Crippen molar-refractivity contribution in [3.63, 3.8) is 0 Å². The van der Waals surface area contributed by atoms with Gasteiger partial charge in [0.15, 0.2) is 12.4 Å². The van der Waals surface area contributed by atoms with Crippen LogP contribution in [0.15, 0.2) is 54.6 Å². The molecule has 3 aromatic rings. The maximum atomic E-state index is 11.3. The second kappa shape index (κ2) is 6.19. The summed E-state index contributed by atoms with van der Waals surface area (Å²) in [5.41, 5.74) is 3.65. The average molecular weight is 294 g/mol. The average Bonchev–Trinajstić information content (AvgIpc) is 2.59. The van der Waals surface area contributed by atoms with E-state index in [0.717, 1.165) is 16.5 Å². The number of fused-ring (bicyclic) bond motifs is 1. The quantitative estimate of drug-likeness (QED) is 0.434. The molecule has 0 aliphatic heterocycles. The van der Waals surface area contributed by atoms with E-state index in [1.807, 2.05) is 60.0 Å². The molecule has 0 atom stereocenters. The van der Waals surface area contributed by atoms with E-state index in [1.54, 1.807) is 0 Å². The highest BCUT2D eigenvalue weighted by molar-refractivity contribution is 5.85. The molecule has 0 saturated heterocycles. The molecule has 3 rings (SSSR count). The number of hydrazine groups is 1. The largest absolute Gasteiger partial charge is 0.467 e. The third-order valence-electron chi connectivity index (χ3n) is 3.10. The number of carbonyl (C=O) groups excluding carboxylic acids is 1. The van der Waals surface area contributed by atoms with Crippen molar-refractivity contribution in [2.45, 2.75) is 0 Å². The number of hydrogen-bond acceptors (Lipinski definition) is 5. The molecule has 1 aromatic heterocycles. The standard InChI is InChI=1S/C16H14N4O2/c17-20-14(21)10-22-16-12-8-4-5-9-13(12)18-15(19-16)11-6-2-1-3-7-11/h1-9H,10,17H2,(H,20,21). The van der Waals surface area contributed by atoms with Crippen molar-refractivity contribution in [2.24, 2.45) is 5.84 Å². The lowest BCUT2D eigenvalue weighted by Gasteiger charge is -2.09. The summed E-state index contributed by atoms with van der Waals surface area (Å²) in [6, 6.07) is 17.1. The second-order valence-corrected chi connectivity index (χ2v) is 4.59. The number of nitrogens with zero attached hydrogens (tertiary/aromatic N) is 2. The lowest BCUT2D eigenvalue weighted by atomic mass is 10.2. The Kier molecular flexibility index (Phi) is 3.93. The van der Waals surface area contributed by atoms with Crippen molar-refractivity contribution in [1.82, 2.24) is 15.4 Å². The number of nitrogens with two attached hydrogens (primary N) is 1. The van der Waals surface area contributed by atoms with E-state index in [9.17, 15) is 4.79 Å². The van der Waals surface area contributed by atoms with Gasteiger partial charge < -0.3 is 4.74 Å². The Labute approximate surface area is 126 Å². The fourth-order valence-corrected chi connectivity index (χ4v) is 2.05. The molecule has 22 heavy (non-hydrogen) atoms. The molecule has 6 nitrogen and oxygen atoms in total. The topological polar surface area (TPSA) is 90.1 Å². The number of para-hydroxylation sites is 1. The Morgan fingerprint density at radius 1 is 1.05 bits per heavy atom. The Bertz CT molecular complexity index is 806. The second-order valence-electron chi connectivity index (χ2n) is 4.59. The zero-order valence-electron chi connectivity index (χ0n) is 11.7. The number of ether oxygens (including phenoxy) is 1. The molecule has 1 heterocycles. The van der Waals surface area contributed by atoms with E-state index in [0.29, 0.717) is 11.7 Å². The molecular weight excluding hydrogens is 280 g/mol. The van der Waals surface area contributed by atoms with Gasteiger partial charge >= 0.3 is 0 Å². The summed E-state index contributed by atoms with van der Waals surface area (Å²) in [6.45, 7) is -0.203. The summed E-state index contributed by atoms with van der Waals surface area (Å²) in [5, 5.41) is 0.743. The first-order chi connectivity index (χ1) is 10.8. The molecule has 0 bridgehead atoms. The van der Waals surface area contributed by atoms with Gasteiger partial charge in [-0.05, 0) is 12.1 Å². The number of aromatic nitrogens is 2. The van der Waals surface area contributed by atoms with Crippen molar-refractivity contribution in [3.05, 3.63) is 54.6 Å². The van der Waals surface area contributed by atoms with E-state index in [-0.39, 0.29) is 6.61 Å². The monoisotopic (exact) mass is 294 g/mol. The number of rotatable bonds is 4. The number of hydrogen-bond donors (Lipinski definition) is 2. The predicted molar refractivity (Wildman–Crippen MR) is 82.8 cm³/mol. The summed E-state index contributed by atoms with van der Waals surface area (Å²) in [5.74, 6) is 5.53. The van der Waals surface area contributed by atoms with Crippen molar-refractivity contribution < 1.29 is 9.53 Å². The molecule has 0 spiro atoms. The molecular formula is C16H14N4O2. The van der Waals surface area contributed by atoms with Crippen LogP contribution in [-0.2, 0) is 4.79 Å². The van der Waals surface area contributed by atoms with Gasteiger partial charge in [-0.2, -0.15) is 4.98 Å². The fraction of sp³-hybridized carbons (Fsp3) is 0.0625. The van der Waals surface area contributed by atoms with Gasteiger partial charge in [-0.25, -0.2) is 10.8 Å². The Morgan fingerprint density at radius 2 is 1.77 bits per heavy atom. The van der Waals surface area contributed by atoms with Crippen LogP contribution in [-0.4, -0.2) is 22.5 Å². The Hall–Kier alpha value is -2.99. The first-order valence-electron chi connectivity index (χ1n) is 6.72. The minimum atomic E-state index is -0.427. The summed E-state index contributed by atoms with van der Waals surface area (Å²) < 4.78 is 5.49. The Balaban J connectivity index is 2.06. The van der Waals surface area contributed by atoms with Gasteiger partial charge in [0, 0.05) is 5.56 Å². The van der Waals surface area contributed by atoms with Crippen LogP contribution < -0.4 is 16.0 Å². The SMILES string of the molecule is NNC(=O)COc1nc(-c2ccccc2)nc2ccccc12. The molecule has 1 amide bonds. The molecule has 0 unspecified atom stereocenters. The molecule has 6 heteroatoms. The third kappa shape index (κ3) is 2.87. The van der Waals surface area contributed by atoms with Gasteiger partial charge in [0.2, 0.25) is 5.88 Å². The van der Waals surface area contributed by atoms with Crippen LogP contribution in [0.2, 0.25) is 0 Å². The molecule has 110 valence electrons. The highest BCUT2D eigenvalue weighted by Crippen LogP contribution is 2.26. The zero-order valence-corrected chi connectivity index (χ0v) is 11.7. The van der Waals surface area contributed by atoms with Crippen LogP contribution in [0.5, 0.6) is 5.88 Å². The maximum absolute atomic E-state index is 11.3. The van der Waals surface area contributed by atoms with Gasteiger partial charge in [0.05, 0.1) is 10.9 Å². The van der Waals surface area contributed by atoms with E-state index < -0.39 is 5.91 Å². The van der Waals surface area contributed by atoms with Crippen LogP contribution in [0.1, 0.15) is 0 Å². The van der Waals surface area contributed by atoms with Crippen molar-refractivity contribution in [1.29, 1.82) is 0 Å². The van der Waals surface area contributed by atoms with Crippen molar-refractivity contribution >= 4 is 16.8 Å². The highest BCUT2D eigenvalue weighted by Gasteiger charge is 2.11. The number of carbonyl (C=O) groups is 1. The van der Waals surface area contributed by atoms with Gasteiger partial charge in [-0.1, -0.05) is 42.5 Å². The van der Waals surface area contributed by atoms with Crippen molar-refractivity contribution in [3.8, 4) is 17.3 Å². The lowest BCUT2D eigenvalue weighted by molar-refractivity contribution is -0.123. The number of benzene rings is 2. The molecule has 3 N–H and O–H groups in total. The van der Waals surface area contributed by atoms with Crippen LogP contribution in [0.25, 0.3) is 22.3 Å². The first-order valence-corrected chi connectivity index (χ1v) is 6.72. The highest BCUT2D eigenvalue weighted by atomic mass is 16.5. The summed E-state index contributed by atoms with van der Waals surface area (Å²) in [7, 11) is 0. The zero-order chi connectivity index (χ0) is 15.4. The molecule has 0 radical (unpaired) electrons. The molecule has 2 aromatic carbocycles. The summed E-state index contributed by atoms with van der Waals surface area (Å²) in [4.78, 5) is 20.2. The van der Waals surface area contributed by atoms with Gasteiger partial charge in [-0.3, -0.25) is 10.2 Å². The number of amides is 1. The van der Waals surface area contributed by atoms with E-state index in [2.05, 4.69) is 9.97 Å². The maximum Gasteiger partial charge on any atom is 0.271 e. The first kappa shape index (κ1) is 14.0. The summed E-state index contributed by atoms with van der Waals surface area (Å²) >= 11 is 0. The Morgan fingerprint density at radius 3 is 2.55 bits per heavy atom. The fourth-order valence-electron chi connectivity index (χ4n) is 2.05. The smallest absolute Gasteiger partial charge is 0.271 e. The van der Waals surface area contributed by atoms with Gasteiger partial charge in [0.1, 0.15) is 0 Å². The normalized spacial score (nSPS) is 10.4.